The van der Waals surface area contributed by atoms with Gasteiger partial charge in [-0.25, -0.2) is 8.78 Å². The lowest BCUT2D eigenvalue weighted by Crippen LogP contribution is -2.55. The maximum atomic E-state index is 12.9. The molecule has 0 spiro atoms. The van der Waals surface area contributed by atoms with Crippen molar-refractivity contribution in [2.75, 3.05) is 27.3 Å². The van der Waals surface area contributed by atoms with E-state index in [1.165, 1.54) is 0 Å². The number of hydrogen-bond donors (Lipinski definition) is 0. The van der Waals surface area contributed by atoms with Gasteiger partial charge in [0.05, 0.1) is 27.3 Å². The molecule has 112 valence electrons. The molecule has 0 amide bonds. The summed E-state index contributed by atoms with van der Waals surface area (Å²) in [6.07, 6.45) is 0. The van der Waals surface area contributed by atoms with Crippen LogP contribution in [-0.2, 0) is 6.54 Å². The van der Waals surface area contributed by atoms with Crippen LogP contribution in [0.1, 0.15) is 30.9 Å². The molecule has 3 nitrogen and oxygen atoms in total. The predicted molar refractivity (Wildman–Crippen MR) is 73.9 cm³/mol. The smallest absolute Gasteiger partial charge is 0.272 e. The molecule has 1 aromatic carbocycles. The summed E-state index contributed by atoms with van der Waals surface area (Å²) in [4.78, 5) is 1.72. The zero-order chi connectivity index (χ0) is 14.9. The summed E-state index contributed by atoms with van der Waals surface area (Å²) >= 11 is 0. The number of nitrogens with zero attached hydrogens (tertiary/aromatic N) is 1. The quantitative estimate of drug-likeness (QED) is 0.828. The molecule has 0 N–H and O–H groups in total. The van der Waals surface area contributed by atoms with Crippen molar-refractivity contribution in [1.82, 2.24) is 4.90 Å². The number of halogens is 2. The van der Waals surface area contributed by atoms with Gasteiger partial charge in [-0.15, -0.1) is 0 Å². The molecule has 0 bridgehead atoms. The lowest BCUT2D eigenvalue weighted by Gasteiger charge is -2.39. The highest BCUT2D eigenvalue weighted by Gasteiger charge is 2.43. The van der Waals surface area contributed by atoms with Crippen molar-refractivity contribution in [3.8, 4) is 11.5 Å². The molecule has 0 saturated carbocycles. The van der Waals surface area contributed by atoms with Crippen molar-refractivity contribution in [2.24, 2.45) is 0 Å². The number of rotatable bonds is 5. The third-order valence-corrected chi connectivity index (χ3v) is 3.54. The summed E-state index contributed by atoms with van der Waals surface area (Å²) in [5.74, 6) is -0.789. The molecule has 0 aliphatic carbocycles. The molecular weight excluding hydrogens is 264 g/mol. The Labute approximate surface area is 118 Å². The van der Waals surface area contributed by atoms with Gasteiger partial charge in [0.2, 0.25) is 0 Å². The van der Waals surface area contributed by atoms with Gasteiger partial charge >= 0.3 is 0 Å². The number of alkyl halides is 2. The number of hydrogen-bond acceptors (Lipinski definition) is 3. The SMILES string of the molecule is COc1ccc(CN2CC(F)(F)C2)c(OC)c1C(C)C. The minimum absolute atomic E-state index is 0.181. The zero-order valence-electron chi connectivity index (χ0n) is 12.4. The van der Waals surface area contributed by atoms with Crippen LogP contribution in [0.2, 0.25) is 0 Å². The van der Waals surface area contributed by atoms with Crippen molar-refractivity contribution in [3.05, 3.63) is 23.3 Å². The fourth-order valence-electron chi connectivity index (χ4n) is 2.68. The van der Waals surface area contributed by atoms with Gasteiger partial charge in [-0.05, 0) is 12.0 Å². The minimum atomic E-state index is -2.54. The van der Waals surface area contributed by atoms with Gasteiger partial charge in [-0.1, -0.05) is 19.9 Å². The van der Waals surface area contributed by atoms with Crippen LogP contribution in [0.25, 0.3) is 0 Å². The fraction of sp³-hybridized carbons (Fsp3) is 0.600. The number of methoxy groups -OCH3 is 2. The van der Waals surface area contributed by atoms with Crippen LogP contribution in [0.5, 0.6) is 11.5 Å². The van der Waals surface area contributed by atoms with E-state index < -0.39 is 5.92 Å². The van der Waals surface area contributed by atoms with E-state index in [9.17, 15) is 8.78 Å². The first-order chi connectivity index (χ1) is 9.38. The standard InChI is InChI=1S/C15H21F2NO2/c1-10(2)13-12(19-3)6-5-11(14(13)20-4)7-18-8-15(16,17)9-18/h5-6,10H,7-9H2,1-4H3. The molecule has 1 fully saturated rings. The second kappa shape index (κ2) is 5.56. The Hall–Kier alpha value is -1.36. The summed E-state index contributed by atoms with van der Waals surface area (Å²) in [6, 6.07) is 3.77. The van der Waals surface area contributed by atoms with E-state index in [4.69, 9.17) is 9.47 Å². The number of likely N-dealkylation sites (tertiary alicyclic amines) is 1. The highest BCUT2D eigenvalue weighted by Crippen LogP contribution is 2.39. The fourth-order valence-corrected chi connectivity index (χ4v) is 2.68. The van der Waals surface area contributed by atoms with Crippen LogP contribution in [0.4, 0.5) is 8.78 Å². The van der Waals surface area contributed by atoms with E-state index in [1.807, 2.05) is 12.1 Å². The molecule has 0 atom stereocenters. The molecule has 1 saturated heterocycles. The van der Waals surface area contributed by atoms with Crippen LogP contribution in [0.3, 0.4) is 0 Å². The average Bonchev–Trinajstić information content (AvgIpc) is 2.35. The molecule has 1 aliphatic rings. The van der Waals surface area contributed by atoms with Crippen LogP contribution < -0.4 is 9.47 Å². The van der Waals surface area contributed by atoms with Gasteiger partial charge in [-0.2, -0.15) is 0 Å². The van der Waals surface area contributed by atoms with Crippen molar-refractivity contribution in [2.45, 2.75) is 32.2 Å². The molecule has 0 radical (unpaired) electrons. The maximum absolute atomic E-state index is 12.9. The van der Waals surface area contributed by atoms with Gasteiger partial charge in [0.25, 0.3) is 5.92 Å². The molecule has 2 rings (SSSR count). The van der Waals surface area contributed by atoms with Gasteiger partial charge in [0.15, 0.2) is 0 Å². The second-order valence-corrected chi connectivity index (χ2v) is 5.53. The highest BCUT2D eigenvalue weighted by atomic mass is 19.3. The van der Waals surface area contributed by atoms with E-state index in [1.54, 1.807) is 19.1 Å². The van der Waals surface area contributed by atoms with E-state index >= 15 is 0 Å². The molecule has 0 aromatic heterocycles. The Morgan fingerprint density at radius 2 is 1.85 bits per heavy atom. The summed E-state index contributed by atoms with van der Waals surface area (Å²) in [5.41, 5.74) is 1.91. The number of benzene rings is 1. The summed E-state index contributed by atoms with van der Waals surface area (Å²) < 4.78 is 36.7. The predicted octanol–water partition coefficient (Wildman–Crippen LogP) is 3.28. The summed E-state index contributed by atoms with van der Waals surface area (Å²) in [7, 11) is 3.23. The molecule has 1 aromatic rings. The van der Waals surface area contributed by atoms with Crippen molar-refractivity contribution in [1.29, 1.82) is 0 Å². The van der Waals surface area contributed by atoms with E-state index in [0.29, 0.717) is 6.54 Å². The lowest BCUT2D eigenvalue weighted by molar-refractivity contribution is -0.134. The first kappa shape index (κ1) is 15.0. The van der Waals surface area contributed by atoms with Gasteiger partial charge < -0.3 is 9.47 Å². The average molecular weight is 285 g/mol. The third kappa shape index (κ3) is 2.87. The molecule has 0 unspecified atom stereocenters. The van der Waals surface area contributed by atoms with E-state index in [0.717, 1.165) is 22.6 Å². The molecule has 5 heteroatoms. The monoisotopic (exact) mass is 285 g/mol. The van der Waals surface area contributed by atoms with Crippen LogP contribution >= 0.6 is 0 Å². The Morgan fingerprint density at radius 1 is 1.20 bits per heavy atom. The normalized spacial score (nSPS) is 17.9. The van der Waals surface area contributed by atoms with Crippen molar-refractivity contribution in [3.63, 3.8) is 0 Å². The molecule has 1 heterocycles. The van der Waals surface area contributed by atoms with Crippen LogP contribution in [-0.4, -0.2) is 38.1 Å². The third-order valence-electron chi connectivity index (χ3n) is 3.54. The zero-order valence-corrected chi connectivity index (χ0v) is 12.4. The van der Waals surface area contributed by atoms with Crippen molar-refractivity contribution < 1.29 is 18.3 Å². The van der Waals surface area contributed by atoms with E-state index in [-0.39, 0.29) is 19.0 Å². The topological polar surface area (TPSA) is 21.7 Å². The Bertz CT molecular complexity index is 481. The summed E-state index contributed by atoms with van der Waals surface area (Å²) in [5, 5.41) is 0. The highest BCUT2D eigenvalue weighted by molar-refractivity contribution is 5.52. The Balaban J connectivity index is 2.27. The lowest BCUT2D eigenvalue weighted by atomic mass is 9.96. The largest absolute Gasteiger partial charge is 0.496 e. The second-order valence-electron chi connectivity index (χ2n) is 5.53. The Kier molecular flexibility index (Phi) is 4.18. The Morgan fingerprint density at radius 3 is 2.30 bits per heavy atom. The first-order valence-electron chi connectivity index (χ1n) is 6.72. The summed E-state index contributed by atoms with van der Waals surface area (Å²) in [6.45, 7) is 4.23. The number of ether oxygens (including phenoxy) is 2. The van der Waals surface area contributed by atoms with Crippen LogP contribution in [0, 0.1) is 0 Å². The molecule has 20 heavy (non-hydrogen) atoms. The van der Waals surface area contributed by atoms with E-state index in [2.05, 4.69) is 13.8 Å². The molecular formula is C15H21F2NO2. The van der Waals surface area contributed by atoms with Crippen molar-refractivity contribution >= 4 is 0 Å². The van der Waals surface area contributed by atoms with Gasteiger partial charge in [0, 0.05) is 17.7 Å². The molecule has 1 aliphatic heterocycles. The maximum Gasteiger partial charge on any atom is 0.272 e. The van der Waals surface area contributed by atoms with Gasteiger partial charge in [0.1, 0.15) is 11.5 Å². The first-order valence-corrected chi connectivity index (χ1v) is 6.72. The van der Waals surface area contributed by atoms with Crippen LogP contribution in [0.15, 0.2) is 12.1 Å². The minimum Gasteiger partial charge on any atom is -0.496 e. The van der Waals surface area contributed by atoms with Gasteiger partial charge in [-0.3, -0.25) is 4.90 Å².